The Morgan fingerprint density at radius 1 is 1.04 bits per heavy atom. The third-order valence-electron chi connectivity index (χ3n) is 4.11. The van der Waals surface area contributed by atoms with Crippen LogP contribution in [-0.2, 0) is 24.2 Å². The Morgan fingerprint density at radius 2 is 1.70 bits per heavy atom. The zero-order valence-electron chi connectivity index (χ0n) is 16.0. The van der Waals surface area contributed by atoms with Gasteiger partial charge in [-0.25, -0.2) is 0 Å². The van der Waals surface area contributed by atoms with Crippen molar-refractivity contribution in [2.24, 2.45) is 10.7 Å². The van der Waals surface area contributed by atoms with Gasteiger partial charge in [-0.15, -0.1) is 0 Å². The van der Waals surface area contributed by atoms with Gasteiger partial charge in [-0.3, -0.25) is 4.99 Å². The van der Waals surface area contributed by atoms with Crippen LogP contribution in [0, 0.1) is 0 Å². The molecule has 0 heterocycles. The molecule has 0 aliphatic carbocycles. The molecule has 0 fully saturated rings. The van der Waals surface area contributed by atoms with Crippen molar-refractivity contribution in [1.82, 2.24) is 5.32 Å². The van der Waals surface area contributed by atoms with Crippen LogP contribution in [0.3, 0.4) is 0 Å². The van der Waals surface area contributed by atoms with E-state index in [1.165, 1.54) is 11.1 Å². The van der Waals surface area contributed by atoms with Crippen LogP contribution in [-0.4, -0.2) is 24.2 Å². The molecule has 0 bridgehead atoms. The van der Waals surface area contributed by atoms with Gasteiger partial charge in [0.2, 0.25) is 0 Å². The van der Waals surface area contributed by atoms with E-state index in [-0.39, 0.29) is 5.96 Å². The van der Waals surface area contributed by atoms with E-state index in [1.54, 1.807) is 0 Å². The van der Waals surface area contributed by atoms with Crippen molar-refractivity contribution < 1.29 is 4.74 Å². The van der Waals surface area contributed by atoms with Crippen LogP contribution in [0.1, 0.15) is 30.5 Å². The summed E-state index contributed by atoms with van der Waals surface area (Å²) in [6.07, 6.45) is 1.86. The number of anilines is 1. The summed E-state index contributed by atoms with van der Waals surface area (Å²) in [5.74, 6) is 0.280. The SMILES string of the molecule is CCc1cccc(CC)c1NC(=S)NC(N)=NCCOCc1ccccc1. The Balaban J connectivity index is 1.79. The summed E-state index contributed by atoms with van der Waals surface area (Å²) in [5, 5.41) is 6.64. The summed E-state index contributed by atoms with van der Waals surface area (Å²) in [7, 11) is 0. The standard InChI is InChI=1S/C21H28N4OS/c1-3-17-11-8-12-18(4-2)19(17)24-21(27)25-20(22)23-13-14-26-15-16-9-6-5-7-10-16/h5-12H,3-4,13-15H2,1-2H3,(H4,22,23,24,25,27). The Hall–Kier alpha value is -2.44. The van der Waals surface area contributed by atoms with Crippen molar-refractivity contribution in [2.75, 3.05) is 18.5 Å². The number of thiocarbonyl (C=S) groups is 1. The topological polar surface area (TPSA) is 71.7 Å². The third-order valence-corrected chi connectivity index (χ3v) is 4.31. The van der Waals surface area contributed by atoms with Gasteiger partial charge in [0.05, 0.1) is 19.8 Å². The second-order valence-electron chi connectivity index (χ2n) is 6.04. The van der Waals surface area contributed by atoms with Gasteiger partial charge >= 0.3 is 0 Å². The maximum Gasteiger partial charge on any atom is 0.194 e. The summed E-state index contributed by atoms with van der Waals surface area (Å²) < 4.78 is 5.59. The van der Waals surface area contributed by atoms with E-state index in [4.69, 9.17) is 22.7 Å². The Morgan fingerprint density at radius 3 is 2.33 bits per heavy atom. The first kappa shape index (κ1) is 20.9. The van der Waals surface area contributed by atoms with Crippen molar-refractivity contribution in [1.29, 1.82) is 0 Å². The van der Waals surface area contributed by atoms with Crippen LogP contribution in [0.15, 0.2) is 53.5 Å². The molecule has 0 unspecified atom stereocenters. The molecule has 6 heteroatoms. The van der Waals surface area contributed by atoms with Gasteiger partial charge < -0.3 is 21.1 Å². The lowest BCUT2D eigenvalue weighted by Crippen LogP contribution is -2.40. The third kappa shape index (κ3) is 7.00. The largest absolute Gasteiger partial charge is 0.375 e. The van der Waals surface area contributed by atoms with Crippen molar-refractivity contribution in [3.8, 4) is 0 Å². The number of hydrogen-bond acceptors (Lipinski definition) is 3. The maximum atomic E-state index is 5.92. The highest BCUT2D eigenvalue weighted by atomic mass is 32.1. The highest BCUT2D eigenvalue weighted by molar-refractivity contribution is 7.80. The van der Waals surface area contributed by atoms with Gasteiger partial charge in [0.15, 0.2) is 11.1 Å². The van der Waals surface area contributed by atoms with Crippen molar-refractivity contribution >= 4 is 29.0 Å². The molecule has 0 radical (unpaired) electrons. The van der Waals surface area contributed by atoms with Gasteiger partial charge in [0.1, 0.15) is 0 Å². The number of nitrogens with one attached hydrogen (secondary N) is 2. The first-order valence-corrected chi connectivity index (χ1v) is 9.65. The first-order chi connectivity index (χ1) is 13.1. The van der Waals surface area contributed by atoms with E-state index in [2.05, 4.69) is 47.7 Å². The summed E-state index contributed by atoms with van der Waals surface area (Å²) in [4.78, 5) is 4.25. The molecule has 0 aliphatic heterocycles. The average Bonchev–Trinajstić information content (AvgIpc) is 2.68. The quantitative estimate of drug-likeness (QED) is 0.281. The normalized spacial score (nSPS) is 11.3. The average molecular weight is 385 g/mol. The second-order valence-corrected chi connectivity index (χ2v) is 6.45. The molecular weight excluding hydrogens is 356 g/mol. The Bertz CT molecular complexity index is 740. The Kier molecular flexibility index (Phi) is 8.74. The zero-order chi connectivity index (χ0) is 19.5. The predicted octanol–water partition coefficient (Wildman–Crippen LogP) is 3.63. The summed E-state index contributed by atoms with van der Waals surface area (Å²) >= 11 is 5.38. The van der Waals surface area contributed by atoms with E-state index < -0.39 is 0 Å². The first-order valence-electron chi connectivity index (χ1n) is 9.24. The molecule has 2 aromatic rings. The predicted molar refractivity (Wildman–Crippen MR) is 117 cm³/mol. The van der Waals surface area contributed by atoms with E-state index >= 15 is 0 Å². The lowest BCUT2D eigenvalue weighted by molar-refractivity contribution is 0.128. The highest BCUT2D eigenvalue weighted by Crippen LogP contribution is 2.22. The van der Waals surface area contributed by atoms with Crippen LogP contribution in [0.5, 0.6) is 0 Å². The zero-order valence-corrected chi connectivity index (χ0v) is 16.8. The number of rotatable bonds is 8. The second kappa shape index (κ2) is 11.3. The van der Waals surface area contributed by atoms with Crippen LogP contribution in [0.2, 0.25) is 0 Å². The maximum absolute atomic E-state index is 5.92. The lowest BCUT2D eigenvalue weighted by atomic mass is 10.0. The molecule has 2 aromatic carbocycles. The number of aliphatic imine (C=N–C) groups is 1. The summed E-state index contributed by atoms with van der Waals surface area (Å²) in [6.45, 7) is 5.79. The van der Waals surface area contributed by atoms with E-state index in [0.29, 0.717) is 24.9 Å². The minimum atomic E-state index is 0.280. The molecule has 0 saturated heterocycles. The number of para-hydroxylation sites is 1. The van der Waals surface area contributed by atoms with E-state index in [1.807, 2.05) is 30.3 Å². The molecule has 4 N–H and O–H groups in total. The molecule has 5 nitrogen and oxygen atoms in total. The molecule has 0 saturated carbocycles. The number of ether oxygens (including phenoxy) is 1. The van der Waals surface area contributed by atoms with Gasteiger partial charge in [-0.2, -0.15) is 0 Å². The van der Waals surface area contributed by atoms with Gasteiger partial charge in [0.25, 0.3) is 0 Å². The molecule has 0 aromatic heterocycles. The number of guanidine groups is 1. The van der Waals surface area contributed by atoms with Crippen LogP contribution in [0.25, 0.3) is 0 Å². The molecule has 0 atom stereocenters. The van der Waals surface area contributed by atoms with E-state index in [0.717, 1.165) is 24.1 Å². The summed E-state index contributed by atoms with van der Waals surface area (Å²) in [6, 6.07) is 16.3. The number of hydrogen-bond donors (Lipinski definition) is 3. The Labute approximate surface area is 167 Å². The van der Waals surface area contributed by atoms with Gasteiger partial charge in [-0.05, 0) is 41.7 Å². The van der Waals surface area contributed by atoms with Crippen LogP contribution >= 0.6 is 12.2 Å². The van der Waals surface area contributed by atoms with Crippen molar-refractivity contribution in [3.05, 3.63) is 65.2 Å². The molecule has 0 aliphatic rings. The number of benzene rings is 2. The fraction of sp³-hybridized carbons (Fsp3) is 0.333. The molecule has 27 heavy (non-hydrogen) atoms. The summed E-state index contributed by atoms with van der Waals surface area (Å²) in [5.41, 5.74) is 10.6. The molecular formula is C21H28N4OS. The minimum absolute atomic E-state index is 0.280. The van der Waals surface area contributed by atoms with Crippen molar-refractivity contribution in [3.63, 3.8) is 0 Å². The van der Waals surface area contributed by atoms with E-state index in [9.17, 15) is 0 Å². The molecule has 144 valence electrons. The monoisotopic (exact) mass is 384 g/mol. The molecule has 0 amide bonds. The van der Waals surface area contributed by atoms with Gasteiger partial charge in [0, 0.05) is 5.69 Å². The fourth-order valence-electron chi connectivity index (χ4n) is 2.70. The molecule has 0 spiro atoms. The van der Waals surface area contributed by atoms with Crippen molar-refractivity contribution in [2.45, 2.75) is 33.3 Å². The lowest BCUT2D eigenvalue weighted by Gasteiger charge is -2.16. The highest BCUT2D eigenvalue weighted by Gasteiger charge is 2.08. The fourth-order valence-corrected chi connectivity index (χ4v) is 2.91. The number of aryl methyl sites for hydroxylation is 2. The number of nitrogens with zero attached hydrogens (tertiary/aromatic N) is 1. The molecule has 2 rings (SSSR count). The minimum Gasteiger partial charge on any atom is -0.375 e. The smallest absolute Gasteiger partial charge is 0.194 e. The number of nitrogens with two attached hydrogens (primary N) is 1. The van der Waals surface area contributed by atoms with Crippen LogP contribution in [0.4, 0.5) is 5.69 Å². The van der Waals surface area contributed by atoms with Gasteiger partial charge in [-0.1, -0.05) is 62.4 Å². The van der Waals surface area contributed by atoms with Crippen LogP contribution < -0.4 is 16.4 Å².